The van der Waals surface area contributed by atoms with Crippen molar-refractivity contribution < 1.29 is 19.0 Å². The molecular formula is C10H15NO4. The maximum atomic E-state index is 11.5. The average Bonchev–Trinajstić information content (AvgIpc) is 2.19. The molecule has 0 aliphatic heterocycles. The van der Waals surface area contributed by atoms with E-state index in [0.717, 1.165) is 0 Å². The van der Waals surface area contributed by atoms with E-state index in [-0.39, 0.29) is 19.4 Å². The van der Waals surface area contributed by atoms with Gasteiger partial charge in [0.2, 0.25) is 0 Å². The zero-order chi connectivity index (χ0) is 11.5. The summed E-state index contributed by atoms with van der Waals surface area (Å²) in [5.41, 5.74) is -1.10. The van der Waals surface area contributed by atoms with Gasteiger partial charge < -0.3 is 14.2 Å². The highest BCUT2D eigenvalue weighted by atomic mass is 16.7. The summed E-state index contributed by atoms with van der Waals surface area (Å²) in [6.45, 7) is 1.98. The van der Waals surface area contributed by atoms with Gasteiger partial charge in [-0.3, -0.25) is 4.79 Å². The van der Waals surface area contributed by atoms with E-state index in [1.54, 1.807) is 6.92 Å². The lowest BCUT2D eigenvalue weighted by atomic mass is 9.65. The van der Waals surface area contributed by atoms with Crippen molar-refractivity contribution in [3.63, 3.8) is 0 Å². The molecule has 0 aromatic carbocycles. The normalized spacial score (nSPS) is 21.2. The number of rotatable bonds is 4. The SMILES string of the molecule is CCOC(=O)C1(C#N)CC(OC)(OC)C1. The summed E-state index contributed by atoms with van der Waals surface area (Å²) in [6.07, 6.45) is 0.449. The van der Waals surface area contributed by atoms with E-state index < -0.39 is 17.2 Å². The third kappa shape index (κ3) is 1.83. The van der Waals surface area contributed by atoms with E-state index in [1.165, 1.54) is 14.2 Å². The quantitative estimate of drug-likeness (QED) is 0.511. The zero-order valence-corrected chi connectivity index (χ0v) is 9.20. The van der Waals surface area contributed by atoms with Crippen LogP contribution in [0, 0.1) is 16.7 Å². The van der Waals surface area contributed by atoms with Crippen molar-refractivity contribution in [2.24, 2.45) is 5.41 Å². The van der Waals surface area contributed by atoms with Crippen LogP contribution >= 0.6 is 0 Å². The van der Waals surface area contributed by atoms with Gasteiger partial charge in [-0.1, -0.05) is 0 Å². The maximum absolute atomic E-state index is 11.5. The third-order valence-corrected chi connectivity index (χ3v) is 2.77. The van der Waals surface area contributed by atoms with Crippen LogP contribution in [0.25, 0.3) is 0 Å². The van der Waals surface area contributed by atoms with Gasteiger partial charge in [0.15, 0.2) is 11.2 Å². The molecule has 1 saturated carbocycles. The van der Waals surface area contributed by atoms with Crippen molar-refractivity contribution in [3.8, 4) is 6.07 Å². The van der Waals surface area contributed by atoms with Crippen LogP contribution in [0.2, 0.25) is 0 Å². The van der Waals surface area contributed by atoms with Gasteiger partial charge >= 0.3 is 5.97 Å². The average molecular weight is 213 g/mol. The van der Waals surface area contributed by atoms with Crippen LogP contribution in [0.15, 0.2) is 0 Å². The summed E-state index contributed by atoms with van der Waals surface area (Å²) < 4.78 is 15.1. The van der Waals surface area contributed by atoms with Crippen LogP contribution < -0.4 is 0 Å². The Labute approximate surface area is 88.9 Å². The number of hydrogen-bond donors (Lipinski definition) is 0. The molecule has 0 amide bonds. The van der Waals surface area contributed by atoms with Crippen molar-refractivity contribution in [1.82, 2.24) is 0 Å². The molecule has 1 aliphatic carbocycles. The van der Waals surface area contributed by atoms with Gasteiger partial charge in [0, 0.05) is 27.1 Å². The summed E-state index contributed by atoms with van der Waals surface area (Å²) in [5, 5.41) is 8.99. The molecule has 0 saturated heterocycles. The molecule has 0 bridgehead atoms. The highest BCUT2D eigenvalue weighted by Crippen LogP contribution is 2.51. The van der Waals surface area contributed by atoms with Crippen LogP contribution in [0.5, 0.6) is 0 Å². The highest BCUT2D eigenvalue weighted by molar-refractivity contribution is 5.81. The van der Waals surface area contributed by atoms with Gasteiger partial charge in [0.05, 0.1) is 12.7 Å². The maximum Gasteiger partial charge on any atom is 0.326 e. The molecule has 0 unspecified atom stereocenters. The van der Waals surface area contributed by atoms with Crippen molar-refractivity contribution in [1.29, 1.82) is 5.26 Å². The Morgan fingerprint density at radius 2 is 1.93 bits per heavy atom. The van der Waals surface area contributed by atoms with Crippen LogP contribution in [0.4, 0.5) is 0 Å². The highest BCUT2D eigenvalue weighted by Gasteiger charge is 2.62. The fraction of sp³-hybridized carbons (Fsp3) is 0.800. The van der Waals surface area contributed by atoms with Crippen LogP contribution in [0.3, 0.4) is 0 Å². The molecule has 0 N–H and O–H groups in total. The number of carbonyl (C=O) groups is 1. The topological polar surface area (TPSA) is 68.6 Å². The number of carbonyl (C=O) groups excluding carboxylic acids is 1. The predicted octanol–water partition coefficient (Wildman–Crippen LogP) is 0.842. The minimum atomic E-state index is -1.10. The number of nitrogens with zero attached hydrogens (tertiary/aromatic N) is 1. The van der Waals surface area contributed by atoms with Crippen LogP contribution in [-0.2, 0) is 19.0 Å². The predicted molar refractivity (Wildman–Crippen MR) is 50.7 cm³/mol. The van der Waals surface area contributed by atoms with Crippen molar-refractivity contribution in [2.45, 2.75) is 25.6 Å². The largest absolute Gasteiger partial charge is 0.465 e. The number of nitriles is 1. The molecule has 0 spiro atoms. The van der Waals surface area contributed by atoms with Crippen molar-refractivity contribution in [2.75, 3.05) is 20.8 Å². The second-order valence-electron chi connectivity index (χ2n) is 3.59. The molecule has 1 aliphatic rings. The number of ether oxygens (including phenoxy) is 3. The van der Waals surface area contributed by atoms with E-state index in [0.29, 0.717) is 0 Å². The smallest absolute Gasteiger partial charge is 0.326 e. The number of hydrogen-bond acceptors (Lipinski definition) is 5. The summed E-state index contributed by atoms with van der Waals surface area (Å²) in [6, 6.07) is 1.99. The van der Waals surface area contributed by atoms with Crippen LogP contribution in [-0.4, -0.2) is 32.6 Å². The molecule has 0 aromatic rings. The second kappa shape index (κ2) is 4.17. The Balaban J connectivity index is 2.71. The summed E-state index contributed by atoms with van der Waals surface area (Å²) >= 11 is 0. The minimum absolute atomic E-state index is 0.225. The number of methoxy groups -OCH3 is 2. The molecule has 0 aromatic heterocycles. The molecule has 15 heavy (non-hydrogen) atoms. The van der Waals surface area contributed by atoms with Gasteiger partial charge in [-0.05, 0) is 6.92 Å². The number of esters is 1. The first-order chi connectivity index (χ1) is 7.08. The Morgan fingerprint density at radius 1 is 1.40 bits per heavy atom. The van der Waals surface area contributed by atoms with Gasteiger partial charge in [-0.2, -0.15) is 5.26 Å². The Bertz CT molecular complexity index is 282. The van der Waals surface area contributed by atoms with Gasteiger partial charge in [-0.25, -0.2) is 0 Å². The first kappa shape index (κ1) is 12.0. The Morgan fingerprint density at radius 3 is 2.27 bits per heavy atom. The fourth-order valence-corrected chi connectivity index (χ4v) is 1.78. The van der Waals surface area contributed by atoms with E-state index in [1.807, 2.05) is 6.07 Å². The summed E-state index contributed by atoms with van der Waals surface area (Å²) in [5.74, 6) is -1.29. The Hall–Kier alpha value is -1.12. The molecule has 5 nitrogen and oxygen atoms in total. The Kier molecular flexibility index (Phi) is 3.32. The molecule has 5 heteroatoms. The van der Waals surface area contributed by atoms with Crippen LogP contribution in [0.1, 0.15) is 19.8 Å². The third-order valence-electron chi connectivity index (χ3n) is 2.77. The van der Waals surface area contributed by atoms with Crippen molar-refractivity contribution in [3.05, 3.63) is 0 Å². The summed E-state index contributed by atoms with van der Waals surface area (Å²) in [4.78, 5) is 11.5. The fourth-order valence-electron chi connectivity index (χ4n) is 1.78. The van der Waals surface area contributed by atoms with E-state index in [9.17, 15) is 4.79 Å². The molecule has 84 valence electrons. The van der Waals surface area contributed by atoms with E-state index in [2.05, 4.69) is 0 Å². The molecule has 0 heterocycles. The summed E-state index contributed by atoms with van der Waals surface area (Å²) in [7, 11) is 2.99. The van der Waals surface area contributed by atoms with Gasteiger partial charge in [-0.15, -0.1) is 0 Å². The first-order valence-electron chi connectivity index (χ1n) is 4.77. The molecular weight excluding hydrogens is 198 g/mol. The molecule has 1 fully saturated rings. The molecule has 1 rings (SSSR count). The van der Waals surface area contributed by atoms with Crippen molar-refractivity contribution >= 4 is 5.97 Å². The van der Waals surface area contributed by atoms with Gasteiger partial charge in [0.1, 0.15) is 0 Å². The molecule has 0 radical (unpaired) electrons. The van der Waals surface area contributed by atoms with Gasteiger partial charge in [0.25, 0.3) is 0 Å². The lowest BCUT2D eigenvalue weighted by molar-refractivity contribution is -0.284. The van der Waals surface area contributed by atoms with E-state index in [4.69, 9.17) is 19.5 Å². The second-order valence-corrected chi connectivity index (χ2v) is 3.59. The lowest BCUT2D eigenvalue weighted by Gasteiger charge is -2.48. The lowest BCUT2D eigenvalue weighted by Crippen LogP contribution is -2.57. The monoisotopic (exact) mass is 213 g/mol. The van der Waals surface area contributed by atoms with E-state index >= 15 is 0 Å². The zero-order valence-electron chi connectivity index (χ0n) is 9.20. The first-order valence-corrected chi connectivity index (χ1v) is 4.77. The minimum Gasteiger partial charge on any atom is -0.465 e. The molecule has 0 atom stereocenters. The standard InChI is InChI=1S/C10H15NO4/c1-4-15-8(12)9(7-11)5-10(6-9,13-2)14-3/h4-6H2,1-3H3.